The van der Waals surface area contributed by atoms with Crippen LogP contribution in [0.15, 0.2) is 42.5 Å². The minimum absolute atomic E-state index is 0.117. The minimum atomic E-state index is -0.939. The number of carbonyl (C=O) groups excluding carboxylic acids is 4. The topological polar surface area (TPSA) is 93.3 Å². The summed E-state index contributed by atoms with van der Waals surface area (Å²) in [7, 11) is 0. The van der Waals surface area contributed by atoms with E-state index in [1.165, 1.54) is 15.7 Å². The van der Waals surface area contributed by atoms with E-state index in [1.807, 2.05) is 6.07 Å². The molecule has 4 saturated heterocycles. The zero-order valence-electron chi connectivity index (χ0n) is 21.6. The Labute approximate surface area is 240 Å². The lowest BCUT2D eigenvalue weighted by molar-refractivity contribution is -0.136. The Kier molecular flexibility index (Phi) is 5.96. The number of hydrogen-bond acceptors (Lipinski definition) is 7. The molecule has 39 heavy (non-hydrogen) atoms. The average Bonchev–Trinajstić information content (AvgIpc) is 3.13. The maximum atomic E-state index is 13.2. The Bertz CT molecular complexity index is 1380. The number of rotatable bonds is 4. The van der Waals surface area contributed by atoms with Crippen LogP contribution >= 0.6 is 22.6 Å². The molecule has 1 atom stereocenters. The summed E-state index contributed by atoms with van der Waals surface area (Å²) in [5.74, 6) is -1.87. The SMILES string of the molecule is O=C1CCC(N2C(=O)c3ccc(N4CCC(N5CCC56CN(c5ccc(I)cc5)C6)CC4)cc3C2=O)C(=O)N1. The molecular weight excluding hydrogens is 609 g/mol. The second-order valence-corrected chi connectivity index (χ2v) is 12.6. The third-order valence-corrected chi connectivity index (χ3v) is 10.0. The van der Waals surface area contributed by atoms with Crippen LogP contribution in [-0.4, -0.2) is 83.8 Å². The second kappa shape index (κ2) is 9.29. The van der Waals surface area contributed by atoms with Gasteiger partial charge in [-0.2, -0.15) is 0 Å². The van der Waals surface area contributed by atoms with Crippen LogP contribution in [0.1, 0.15) is 52.8 Å². The highest BCUT2D eigenvalue weighted by atomic mass is 127. The van der Waals surface area contributed by atoms with E-state index < -0.39 is 23.8 Å². The van der Waals surface area contributed by atoms with Gasteiger partial charge >= 0.3 is 0 Å². The van der Waals surface area contributed by atoms with E-state index in [9.17, 15) is 19.2 Å². The highest BCUT2D eigenvalue weighted by molar-refractivity contribution is 14.1. The molecular formula is C29H30IN5O4. The normalized spacial score (nSPS) is 25.1. The summed E-state index contributed by atoms with van der Waals surface area (Å²) in [4.78, 5) is 58.7. The van der Waals surface area contributed by atoms with Gasteiger partial charge in [0.15, 0.2) is 0 Å². The van der Waals surface area contributed by atoms with Gasteiger partial charge in [-0.15, -0.1) is 0 Å². The molecule has 1 spiro atoms. The first-order valence-electron chi connectivity index (χ1n) is 13.7. The Morgan fingerprint density at radius 2 is 1.49 bits per heavy atom. The number of fused-ring (bicyclic) bond motifs is 1. The molecule has 4 fully saturated rings. The predicted octanol–water partition coefficient (Wildman–Crippen LogP) is 2.63. The van der Waals surface area contributed by atoms with Gasteiger partial charge in [0.05, 0.1) is 16.7 Å². The maximum Gasteiger partial charge on any atom is 0.262 e. The summed E-state index contributed by atoms with van der Waals surface area (Å²) >= 11 is 2.35. The number of nitrogens with zero attached hydrogens (tertiary/aromatic N) is 4. The molecule has 0 bridgehead atoms. The van der Waals surface area contributed by atoms with Crippen molar-refractivity contribution < 1.29 is 19.2 Å². The molecule has 5 aliphatic heterocycles. The third-order valence-electron chi connectivity index (χ3n) is 9.28. The van der Waals surface area contributed by atoms with Gasteiger partial charge in [-0.3, -0.25) is 34.3 Å². The minimum Gasteiger partial charge on any atom is -0.371 e. The highest BCUT2D eigenvalue weighted by Crippen LogP contribution is 2.44. The summed E-state index contributed by atoms with van der Waals surface area (Å²) < 4.78 is 1.26. The van der Waals surface area contributed by atoms with Crippen molar-refractivity contribution in [2.75, 3.05) is 42.5 Å². The van der Waals surface area contributed by atoms with E-state index >= 15 is 0 Å². The molecule has 2 aromatic carbocycles. The molecule has 0 aliphatic carbocycles. The number of nitrogens with one attached hydrogen (secondary N) is 1. The van der Waals surface area contributed by atoms with Crippen molar-refractivity contribution in [1.82, 2.24) is 15.1 Å². The fourth-order valence-corrected chi connectivity index (χ4v) is 7.42. The maximum absolute atomic E-state index is 13.2. The molecule has 2 aromatic rings. The zero-order chi connectivity index (χ0) is 26.9. The molecule has 0 radical (unpaired) electrons. The lowest BCUT2D eigenvalue weighted by atomic mass is 9.75. The molecule has 4 amide bonds. The van der Waals surface area contributed by atoms with Crippen LogP contribution in [0.5, 0.6) is 0 Å². The monoisotopic (exact) mass is 639 g/mol. The van der Waals surface area contributed by atoms with Gasteiger partial charge in [0.1, 0.15) is 6.04 Å². The van der Waals surface area contributed by atoms with E-state index in [4.69, 9.17) is 0 Å². The summed E-state index contributed by atoms with van der Waals surface area (Å²) in [5, 5.41) is 2.25. The van der Waals surface area contributed by atoms with Crippen molar-refractivity contribution >= 4 is 57.6 Å². The number of amides is 4. The van der Waals surface area contributed by atoms with Crippen LogP contribution in [0.4, 0.5) is 11.4 Å². The van der Waals surface area contributed by atoms with Crippen molar-refractivity contribution in [3.63, 3.8) is 0 Å². The van der Waals surface area contributed by atoms with Crippen LogP contribution in [0.25, 0.3) is 0 Å². The first-order valence-corrected chi connectivity index (χ1v) is 14.8. The first-order chi connectivity index (χ1) is 18.8. The summed E-state index contributed by atoms with van der Waals surface area (Å²) in [6, 6.07) is 13.8. The standard InChI is InChI=1S/C29H30IN5O4/c30-18-1-3-19(4-2-18)33-16-29(17-33)11-14-34(29)20-9-12-32(13-10-20)21-5-6-22-23(15-21)28(39)35(27(22)38)24-7-8-25(36)31-26(24)37/h1-6,15,20,24H,7-14,16-17H2,(H,31,36,37). The van der Waals surface area contributed by atoms with E-state index in [1.54, 1.807) is 12.1 Å². The predicted molar refractivity (Wildman–Crippen MR) is 154 cm³/mol. The lowest BCUT2D eigenvalue weighted by Crippen LogP contribution is -2.79. The van der Waals surface area contributed by atoms with Crippen LogP contribution in [0, 0.1) is 3.57 Å². The van der Waals surface area contributed by atoms with Crippen LogP contribution < -0.4 is 15.1 Å². The van der Waals surface area contributed by atoms with Gasteiger partial charge in [-0.1, -0.05) is 0 Å². The number of imide groups is 2. The van der Waals surface area contributed by atoms with E-state index in [2.05, 4.69) is 66.9 Å². The Hall–Kier alpha value is -2.99. The smallest absolute Gasteiger partial charge is 0.262 e. The van der Waals surface area contributed by atoms with Crippen LogP contribution in [0.3, 0.4) is 0 Å². The lowest BCUT2D eigenvalue weighted by Gasteiger charge is -2.66. The van der Waals surface area contributed by atoms with Crippen molar-refractivity contribution in [2.24, 2.45) is 0 Å². The molecule has 7 rings (SSSR count). The number of anilines is 2. The van der Waals surface area contributed by atoms with Crippen LogP contribution in [0.2, 0.25) is 0 Å². The zero-order valence-corrected chi connectivity index (χ0v) is 23.7. The molecule has 0 aromatic heterocycles. The Balaban J connectivity index is 0.989. The van der Waals surface area contributed by atoms with E-state index in [0.717, 1.165) is 56.2 Å². The highest BCUT2D eigenvalue weighted by Gasteiger charge is 2.55. The fraction of sp³-hybridized carbons (Fsp3) is 0.448. The molecule has 5 heterocycles. The molecule has 1 unspecified atom stereocenters. The van der Waals surface area contributed by atoms with Crippen molar-refractivity contribution in [3.05, 3.63) is 57.2 Å². The molecule has 5 aliphatic rings. The van der Waals surface area contributed by atoms with Gasteiger partial charge in [0, 0.05) is 60.1 Å². The van der Waals surface area contributed by atoms with Gasteiger partial charge < -0.3 is 9.80 Å². The first kappa shape index (κ1) is 25.0. The second-order valence-electron chi connectivity index (χ2n) is 11.4. The Morgan fingerprint density at radius 3 is 2.15 bits per heavy atom. The Morgan fingerprint density at radius 1 is 0.795 bits per heavy atom. The molecule has 10 heteroatoms. The van der Waals surface area contributed by atoms with E-state index in [-0.39, 0.29) is 18.7 Å². The number of benzene rings is 2. The van der Waals surface area contributed by atoms with Gasteiger partial charge in [0.25, 0.3) is 11.8 Å². The van der Waals surface area contributed by atoms with E-state index in [0.29, 0.717) is 22.7 Å². The number of likely N-dealkylation sites (tertiary alicyclic amines) is 1. The summed E-state index contributed by atoms with van der Waals surface area (Å²) in [6.45, 7) is 5.15. The van der Waals surface area contributed by atoms with Gasteiger partial charge in [0.2, 0.25) is 11.8 Å². The number of piperidine rings is 2. The van der Waals surface area contributed by atoms with Gasteiger partial charge in [-0.05, 0) is 90.7 Å². The summed E-state index contributed by atoms with van der Waals surface area (Å²) in [6.07, 6.45) is 3.68. The number of carbonyl (C=O) groups is 4. The molecule has 0 saturated carbocycles. The third kappa shape index (κ3) is 4.05. The number of hydrogen-bond donors (Lipinski definition) is 1. The van der Waals surface area contributed by atoms with Crippen molar-refractivity contribution in [2.45, 2.75) is 49.7 Å². The van der Waals surface area contributed by atoms with Crippen LogP contribution in [-0.2, 0) is 9.59 Å². The molecule has 1 N–H and O–H groups in total. The fourth-order valence-electron chi connectivity index (χ4n) is 7.06. The molecule has 202 valence electrons. The number of halogens is 1. The molecule has 9 nitrogen and oxygen atoms in total. The van der Waals surface area contributed by atoms with Crippen molar-refractivity contribution in [1.29, 1.82) is 0 Å². The quantitative estimate of drug-likeness (QED) is 0.407. The largest absolute Gasteiger partial charge is 0.371 e. The van der Waals surface area contributed by atoms with Crippen molar-refractivity contribution in [3.8, 4) is 0 Å². The van der Waals surface area contributed by atoms with Gasteiger partial charge in [-0.25, -0.2) is 0 Å². The average molecular weight is 639 g/mol. The summed E-state index contributed by atoms with van der Waals surface area (Å²) in [5.41, 5.74) is 3.23.